The molecule has 9 nitrogen and oxygen atoms in total. The van der Waals surface area contributed by atoms with Crippen LogP contribution in [0.15, 0.2) is 23.1 Å². The van der Waals surface area contributed by atoms with Gasteiger partial charge in [0.1, 0.15) is 6.04 Å². The molecule has 1 aromatic carbocycles. The van der Waals surface area contributed by atoms with E-state index in [0.29, 0.717) is 0 Å². The molecule has 1 unspecified atom stereocenters. The summed E-state index contributed by atoms with van der Waals surface area (Å²) in [6.07, 6.45) is -0.275. The maximum atomic E-state index is 12.6. The van der Waals surface area contributed by atoms with E-state index >= 15 is 0 Å². The van der Waals surface area contributed by atoms with Crippen molar-refractivity contribution in [1.82, 2.24) is 10.2 Å². The first-order valence-electron chi connectivity index (χ1n) is 7.92. The lowest BCUT2D eigenvalue weighted by atomic mass is 10.0. The summed E-state index contributed by atoms with van der Waals surface area (Å²) < 4.78 is 25.0. The third-order valence-corrected chi connectivity index (χ3v) is 6.25. The summed E-state index contributed by atoms with van der Waals surface area (Å²) in [4.78, 5) is 47.8. The number of nitrogens with one attached hydrogen (secondary N) is 1. The molecule has 2 N–H and O–H groups in total. The number of carbonyl (C=O) groups is 4. The number of sulfone groups is 1. The molecule has 26 heavy (non-hydrogen) atoms. The Labute approximate surface area is 148 Å². The third kappa shape index (κ3) is 3.19. The Hall–Kier alpha value is -2.75. The van der Waals surface area contributed by atoms with Crippen molar-refractivity contribution in [2.45, 2.75) is 36.7 Å². The van der Waals surface area contributed by atoms with E-state index in [0.717, 1.165) is 0 Å². The van der Waals surface area contributed by atoms with Gasteiger partial charge in [-0.05, 0) is 18.6 Å². The third-order valence-electron chi connectivity index (χ3n) is 4.46. The summed E-state index contributed by atoms with van der Waals surface area (Å²) in [5.74, 6) is -3.29. The number of carbonyl (C=O) groups excluding carboxylic acids is 3. The van der Waals surface area contributed by atoms with Crippen molar-refractivity contribution in [2.75, 3.05) is 5.75 Å². The Balaban J connectivity index is 1.92. The van der Waals surface area contributed by atoms with Gasteiger partial charge in [-0.2, -0.15) is 0 Å². The molecule has 0 radical (unpaired) electrons. The van der Waals surface area contributed by atoms with Crippen molar-refractivity contribution in [3.63, 3.8) is 0 Å². The van der Waals surface area contributed by atoms with Gasteiger partial charge >= 0.3 is 5.97 Å². The van der Waals surface area contributed by atoms with Crippen molar-refractivity contribution in [1.29, 1.82) is 0 Å². The van der Waals surface area contributed by atoms with Crippen LogP contribution in [0.3, 0.4) is 0 Å². The predicted molar refractivity (Wildman–Crippen MR) is 86.8 cm³/mol. The normalized spacial score (nSPS) is 20.1. The number of piperidine rings is 1. The largest absolute Gasteiger partial charge is 0.481 e. The number of imide groups is 1. The number of carboxylic acids is 1. The van der Waals surface area contributed by atoms with Gasteiger partial charge in [-0.15, -0.1) is 0 Å². The van der Waals surface area contributed by atoms with Gasteiger partial charge in [0.25, 0.3) is 5.91 Å². The maximum absolute atomic E-state index is 12.6. The monoisotopic (exact) mass is 380 g/mol. The molecule has 0 saturated carbocycles. The van der Waals surface area contributed by atoms with Crippen LogP contribution in [0.4, 0.5) is 0 Å². The molecule has 2 aliphatic rings. The highest BCUT2D eigenvalue weighted by Crippen LogP contribution is 2.32. The number of rotatable bonds is 5. The molecule has 0 aliphatic carbocycles. The van der Waals surface area contributed by atoms with Crippen LogP contribution in [0.5, 0.6) is 0 Å². The van der Waals surface area contributed by atoms with E-state index in [1.807, 2.05) is 0 Å². The fraction of sp³-hybridized carbons (Fsp3) is 0.375. The van der Waals surface area contributed by atoms with Crippen molar-refractivity contribution in [2.24, 2.45) is 0 Å². The molecule has 0 aromatic heterocycles. The van der Waals surface area contributed by atoms with E-state index in [2.05, 4.69) is 5.32 Å². The molecule has 1 atom stereocenters. The summed E-state index contributed by atoms with van der Waals surface area (Å²) in [5.41, 5.74) is 0.429. The molecule has 2 heterocycles. The average molecular weight is 380 g/mol. The lowest BCUT2D eigenvalue weighted by Crippen LogP contribution is -2.52. The average Bonchev–Trinajstić information content (AvgIpc) is 2.90. The predicted octanol–water partition coefficient (Wildman–Crippen LogP) is -0.304. The second-order valence-electron chi connectivity index (χ2n) is 6.14. The zero-order valence-corrected chi connectivity index (χ0v) is 14.4. The first-order valence-corrected chi connectivity index (χ1v) is 9.57. The van der Waals surface area contributed by atoms with Gasteiger partial charge in [0.2, 0.25) is 11.8 Å². The van der Waals surface area contributed by atoms with Crippen molar-refractivity contribution in [3.8, 4) is 0 Å². The highest BCUT2D eigenvalue weighted by molar-refractivity contribution is 7.91. The Morgan fingerprint density at radius 1 is 1.27 bits per heavy atom. The molecule has 138 valence electrons. The number of carboxylic acid groups (broad SMARTS) is 1. The van der Waals surface area contributed by atoms with Crippen molar-refractivity contribution in [3.05, 3.63) is 29.3 Å². The molecule has 1 aromatic rings. The molecule has 3 rings (SSSR count). The lowest BCUT2D eigenvalue weighted by Gasteiger charge is -2.29. The summed E-state index contributed by atoms with van der Waals surface area (Å²) in [5, 5.41) is 10.9. The van der Waals surface area contributed by atoms with Gasteiger partial charge in [-0.25, -0.2) is 8.42 Å². The van der Waals surface area contributed by atoms with Gasteiger partial charge in [0.15, 0.2) is 9.84 Å². The quantitative estimate of drug-likeness (QED) is 0.669. The summed E-state index contributed by atoms with van der Waals surface area (Å²) in [6, 6.07) is 3.37. The summed E-state index contributed by atoms with van der Waals surface area (Å²) >= 11 is 0. The minimum atomic E-state index is -3.89. The standard InChI is InChI=1S/C16H16N2O7S/c19-13-5-4-11(15(22)17-13)18-8-10-9(16(18)23)2-1-3-12(10)26(24,25)7-6-14(20)21/h1-3,11H,4-8H2,(H,20,21)(H,17,19,22). The van der Waals surface area contributed by atoms with Crippen LogP contribution in [0, 0.1) is 0 Å². The molecule has 1 fully saturated rings. The number of hydrogen-bond acceptors (Lipinski definition) is 6. The van der Waals surface area contributed by atoms with Gasteiger partial charge < -0.3 is 10.0 Å². The van der Waals surface area contributed by atoms with E-state index < -0.39 is 51.7 Å². The van der Waals surface area contributed by atoms with E-state index in [4.69, 9.17) is 5.11 Å². The number of nitrogens with zero attached hydrogens (tertiary/aromatic N) is 1. The van der Waals surface area contributed by atoms with Crippen molar-refractivity contribution >= 4 is 33.5 Å². The molecule has 1 saturated heterocycles. The van der Waals surface area contributed by atoms with E-state index in [1.165, 1.54) is 23.1 Å². The summed E-state index contributed by atoms with van der Waals surface area (Å²) in [7, 11) is -3.89. The second-order valence-corrected chi connectivity index (χ2v) is 8.22. The number of fused-ring (bicyclic) bond motifs is 1. The van der Waals surface area contributed by atoms with E-state index in [-0.39, 0.29) is 35.4 Å². The fourth-order valence-corrected chi connectivity index (χ4v) is 4.68. The Bertz CT molecular complexity index is 923. The molecule has 3 amide bonds. The fourth-order valence-electron chi connectivity index (χ4n) is 3.18. The van der Waals surface area contributed by atoms with Crippen LogP contribution in [0.1, 0.15) is 35.2 Å². The van der Waals surface area contributed by atoms with Crippen LogP contribution in [0.2, 0.25) is 0 Å². The number of hydrogen-bond donors (Lipinski definition) is 2. The minimum Gasteiger partial charge on any atom is -0.481 e. The molecule has 0 bridgehead atoms. The lowest BCUT2D eigenvalue weighted by molar-refractivity contribution is -0.138. The SMILES string of the molecule is O=C(O)CCS(=O)(=O)c1cccc2c1CN(C1CCC(=O)NC1=O)C2=O. The topological polar surface area (TPSA) is 138 Å². The van der Waals surface area contributed by atoms with Crippen LogP contribution in [-0.4, -0.2) is 53.9 Å². The molecule has 10 heteroatoms. The van der Waals surface area contributed by atoms with E-state index in [9.17, 15) is 27.6 Å². The smallest absolute Gasteiger partial charge is 0.304 e. The molecular weight excluding hydrogens is 364 g/mol. The van der Waals surface area contributed by atoms with Gasteiger partial charge in [0.05, 0.1) is 17.1 Å². The molecular formula is C16H16N2O7S. The minimum absolute atomic E-state index is 0.0804. The van der Waals surface area contributed by atoms with Gasteiger partial charge in [-0.3, -0.25) is 24.5 Å². The molecule has 2 aliphatic heterocycles. The van der Waals surface area contributed by atoms with Crippen LogP contribution >= 0.6 is 0 Å². The van der Waals surface area contributed by atoms with Gasteiger partial charge in [-0.1, -0.05) is 6.07 Å². The van der Waals surface area contributed by atoms with Gasteiger partial charge in [0, 0.05) is 24.1 Å². The highest BCUT2D eigenvalue weighted by Gasteiger charge is 2.41. The summed E-state index contributed by atoms with van der Waals surface area (Å²) in [6.45, 7) is -0.0804. The van der Waals surface area contributed by atoms with Crippen LogP contribution in [0.25, 0.3) is 0 Å². The van der Waals surface area contributed by atoms with Crippen molar-refractivity contribution < 1.29 is 32.7 Å². The zero-order valence-electron chi connectivity index (χ0n) is 13.6. The van der Waals surface area contributed by atoms with Crippen LogP contribution < -0.4 is 5.32 Å². The Morgan fingerprint density at radius 3 is 2.65 bits per heavy atom. The van der Waals surface area contributed by atoms with Crippen LogP contribution in [-0.2, 0) is 30.8 Å². The second kappa shape index (κ2) is 6.52. The highest BCUT2D eigenvalue weighted by atomic mass is 32.2. The number of amides is 3. The number of benzene rings is 1. The Kier molecular flexibility index (Phi) is 4.53. The molecule has 0 spiro atoms. The zero-order chi connectivity index (χ0) is 19.1. The maximum Gasteiger partial charge on any atom is 0.304 e. The Morgan fingerprint density at radius 2 is 2.00 bits per heavy atom. The first kappa shape index (κ1) is 18.1. The van der Waals surface area contributed by atoms with E-state index in [1.54, 1.807) is 0 Å². The number of aliphatic carboxylic acids is 1. The first-order chi connectivity index (χ1) is 12.2.